The van der Waals surface area contributed by atoms with Crippen molar-refractivity contribution in [2.45, 2.75) is 26.2 Å². The largest absolute Gasteiger partial charge is 0.466 e. The van der Waals surface area contributed by atoms with Crippen molar-refractivity contribution in [2.75, 3.05) is 13.2 Å². The van der Waals surface area contributed by atoms with Crippen LogP contribution in [0.4, 0.5) is 0 Å². The molecule has 0 bridgehead atoms. The number of azide groups is 1. The second kappa shape index (κ2) is 10.0. The van der Waals surface area contributed by atoms with Crippen LogP contribution in [0.15, 0.2) is 29.4 Å². The molecule has 114 valence electrons. The van der Waals surface area contributed by atoms with Gasteiger partial charge in [-0.2, -0.15) is 0 Å². The van der Waals surface area contributed by atoms with E-state index in [2.05, 4.69) is 21.9 Å². The lowest BCUT2D eigenvalue weighted by Gasteiger charge is -2.02. The van der Waals surface area contributed by atoms with Crippen LogP contribution >= 0.6 is 0 Å². The van der Waals surface area contributed by atoms with Crippen molar-refractivity contribution in [2.24, 2.45) is 5.11 Å². The summed E-state index contributed by atoms with van der Waals surface area (Å²) in [5.41, 5.74) is 9.45. The highest BCUT2D eigenvalue weighted by Gasteiger charge is 2.09. The van der Waals surface area contributed by atoms with Gasteiger partial charge in [0.2, 0.25) is 0 Å². The molecule has 6 heteroatoms. The fourth-order valence-corrected chi connectivity index (χ4v) is 1.65. The van der Waals surface area contributed by atoms with Gasteiger partial charge in [-0.25, -0.2) is 0 Å². The number of carbonyl (C=O) groups is 2. The Kier molecular flexibility index (Phi) is 7.88. The minimum absolute atomic E-state index is 0.0909. The maximum absolute atomic E-state index is 11.9. The van der Waals surface area contributed by atoms with Crippen molar-refractivity contribution in [3.05, 3.63) is 45.8 Å². The van der Waals surface area contributed by atoms with E-state index in [0.29, 0.717) is 25.1 Å². The van der Waals surface area contributed by atoms with Gasteiger partial charge in [-0.05, 0) is 24.6 Å². The molecule has 0 spiro atoms. The Morgan fingerprint density at radius 1 is 1.27 bits per heavy atom. The lowest BCUT2D eigenvalue weighted by molar-refractivity contribution is -0.143. The summed E-state index contributed by atoms with van der Waals surface area (Å²) in [6.07, 6.45) is 0.716. The molecular weight excluding hydrogens is 282 g/mol. The first-order valence-electron chi connectivity index (χ1n) is 6.96. The average molecular weight is 299 g/mol. The van der Waals surface area contributed by atoms with E-state index >= 15 is 0 Å². The van der Waals surface area contributed by atoms with E-state index in [1.807, 2.05) is 0 Å². The fourth-order valence-electron chi connectivity index (χ4n) is 1.65. The standard InChI is InChI=1S/C16H17N3O3/c1-2-22-16(21)11-10-15(20)14-8-6-13(7-9-14)5-3-4-12-18-19-17/h6-9H,2,4,10-12H2,1H3. The van der Waals surface area contributed by atoms with Crippen molar-refractivity contribution in [1.82, 2.24) is 0 Å². The zero-order chi connectivity index (χ0) is 16.2. The number of esters is 1. The van der Waals surface area contributed by atoms with Crippen LogP contribution in [-0.2, 0) is 9.53 Å². The number of rotatable bonds is 7. The summed E-state index contributed by atoms with van der Waals surface area (Å²) >= 11 is 0. The van der Waals surface area contributed by atoms with E-state index in [-0.39, 0.29) is 24.6 Å². The molecule has 6 nitrogen and oxygen atoms in total. The zero-order valence-corrected chi connectivity index (χ0v) is 12.4. The lowest BCUT2D eigenvalue weighted by Crippen LogP contribution is -2.07. The predicted molar refractivity (Wildman–Crippen MR) is 82.1 cm³/mol. The van der Waals surface area contributed by atoms with E-state index in [9.17, 15) is 9.59 Å². The Hall–Kier alpha value is -2.77. The maximum atomic E-state index is 11.9. The molecule has 0 N–H and O–H groups in total. The van der Waals surface area contributed by atoms with Gasteiger partial charge in [0, 0.05) is 35.4 Å². The van der Waals surface area contributed by atoms with Gasteiger partial charge in [-0.3, -0.25) is 9.59 Å². The summed E-state index contributed by atoms with van der Waals surface area (Å²) in [6, 6.07) is 6.87. The SMILES string of the molecule is CCOC(=O)CCC(=O)c1ccc(C#CCCN=[N+]=[N-])cc1. The van der Waals surface area contributed by atoms with Gasteiger partial charge >= 0.3 is 5.97 Å². The van der Waals surface area contributed by atoms with Crippen LogP contribution in [0.25, 0.3) is 10.4 Å². The molecule has 0 aromatic heterocycles. The Balaban J connectivity index is 2.51. The fraction of sp³-hybridized carbons (Fsp3) is 0.375. The Labute approximate surface area is 129 Å². The van der Waals surface area contributed by atoms with Gasteiger partial charge in [0.25, 0.3) is 0 Å². The second-order valence-electron chi connectivity index (χ2n) is 4.31. The van der Waals surface area contributed by atoms with Crippen molar-refractivity contribution >= 4 is 11.8 Å². The van der Waals surface area contributed by atoms with Crippen LogP contribution in [0.1, 0.15) is 42.1 Å². The Morgan fingerprint density at radius 3 is 2.64 bits per heavy atom. The van der Waals surface area contributed by atoms with E-state index in [1.54, 1.807) is 31.2 Å². The van der Waals surface area contributed by atoms with Crippen LogP contribution in [0.5, 0.6) is 0 Å². The topological polar surface area (TPSA) is 92.1 Å². The minimum Gasteiger partial charge on any atom is -0.466 e. The molecule has 0 unspecified atom stereocenters. The molecule has 0 aliphatic rings. The average Bonchev–Trinajstić information content (AvgIpc) is 2.53. The molecule has 0 atom stereocenters. The van der Waals surface area contributed by atoms with Gasteiger partial charge in [-0.1, -0.05) is 29.1 Å². The Bertz CT molecular complexity index is 620. The molecule has 0 saturated carbocycles. The highest BCUT2D eigenvalue weighted by molar-refractivity contribution is 5.97. The molecule has 0 aliphatic carbocycles. The van der Waals surface area contributed by atoms with Crippen LogP contribution < -0.4 is 0 Å². The second-order valence-corrected chi connectivity index (χ2v) is 4.31. The minimum atomic E-state index is -0.363. The third-order valence-electron chi connectivity index (χ3n) is 2.70. The van der Waals surface area contributed by atoms with E-state index < -0.39 is 0 Å². The van der Waals surface area contributed by atoms with Crippen LogP contribution in [0, 0.1) is 11.8 Å². The molecule has 0 saturated heterocycles. The van der Waals surface area contributed by atoms with Gasteiger partial charge < -0.3 is 4.74 Å². The van der Waals surface area contributed by atoms with Crippen molar-refractivity contribution in [3.63, 3.8) is 0 Å². The number of benzene rings is 1. The smallest absolute Gasteiger partial charge is 0.306 e. The highest BCUT2D eigenvalue weighted by Crippen LogP contribution is 2.08. The van der Waals surface area contributed by atoms with Gasteiger partial charge in [-0.15, -0.1) is 0 Å². The molecule has 0 aliphatic heterocycles. The van der Waals surface area contributed by atoms with E-state index in [1.165, 1.54) is 0 Å². The summed E-state index contributed by atoms with van der Waals surface area (Å²) in [5, 5.41) is 3.38. The zero-order valence-electron chi connectivity index (χ0n) is 12.4. The predicted octanol–water partition coefficient (Wildman–Crippen LogP) is 3.26. The normalized spacial score (nSPS) is 9.14. The number of ether oxygens (including phenoxy) is 1. The molecule has 1 aromatic carbocycles. The van der Waals surface area contributed by atoms with E-state index in [0.717, 1.165) is 5.56 Å². The molecule has 1 rings (SSSR count). The quantitative estimate of drug-likeness (QED) is 0.147. The van der Waals surface area contributed by atoms with Crippen molar-refractivity contribution < 1.29 is 14.3 Å². The summed E-state index contributed by atoms with van der Waals surface area (Å²) in [5.74, 6) is 5.33. The first kappa shape index (κ1) is 17.3. The summed E-state index contributed by atoms with van der Waals surface area (Å²) in [6.45, 7) is 2.39. The van der Waals surface area contributed by atoms with Crippen molar-refractivity contribution in [3.8, 4) is 11.8 Å². The summed E-state index contributed by atoms with van der Waals surface area (Å²) in [7, 11) is 0. The third-order valence-corrected chi connectivity index (χ3v) is 2.70. The summed E-state index contributed by atoms with van der Waals surface area (Å²) < 4.78 is 4.78. The number of ketones is 1. The van der Waals surface area contributed by atoms with Crippen LogP contribution in [0.2, 0.25) is 0 Å². The van der Waals surface area contributed by atoms with Crippen molar-refractivity contribution in [1.29, 1.82) is 0 Å². The number of hydrogen-bond donors (Lipinski definition) is 0. The van der Waals surface area contributed by atoms with Gasteiger partial charge in [0.1, 0.15) is 0 Å². The third kappa shape index (κ3) is 6.60. The highest BCUT2D eigenvalue weighted by atomic mass is 16.5. The number of hydrogen-bond acceptors (Lipinski definition) is 4. The van der Waals surface area contributed by atoms with Crippen LogP contribution in [-0.4, -0.2) is 24.9 Å². The molecule has 0 fully saturated rings. The first-order valence-corrected chi connectivity index (χ1v) is 6.96. The molecule has 0 amide bonds. The molecule has 0 heterocycles. The molecule has 22 heavy (non-hydrogen) atoms. The summed E-state index contributed by atoms with van der Waals surface area (Å²) in [4.78, 5) is 25.7. The van der Waals surface area contributed by atoms with Gasteiger partial charge in [0.05, 0.1) is 13.0 Å². The maximum Gasteiger partial charge on any atom is 0.306 e. The van der Waals surface area contributed by atoms with Gasteiger partial charge in [0.15, 0.2) is 5.78 Å². The number of nitrogens with zero attached hydrogens (tertiary/aromatic N) is 3. The lowest BCUT2D eigenvalue weighted by atomic mass is 10.0. The molecular formula is C16H17N3O3. The first-order chi connectivity index (χ1) is 10.7. The molecule has 1 aromatic rings. The van der Waals surface area contributed by atoms with Crippen LogP contribution in [0.3, 0.4) is 0 Å². The molecule has 0 radical (unpaired) electrons. The monoisotopic (exact) mass is 299 g/mol. The Morgan fingerprint density at radius 2 is 2.00 bits per heavy atom. The van der Waals surface area contributed by atoms with E-state index in [4.69, 9.17) is 10.3 Å². The number of carbonyl (C=O) groups excluding carboxylic acids is 2. The number of Topliss-reactive ketones (excluding diaryl/α,β-unsaturated/α-hetero) is 1.